The van der Waals surface area contributed by atoms with Crippen molar-refractivity contribution in [1.29, 1.82) is 0 Å². The van der Waals surface area contributed by atoms with Crippen molar-refractivity contribution in [3.8, 4) is 0 Å². The van der Waals surface area contributed by atoms with Crippen molar-refractivity contribution < 1.29 is 4.79 Å². The summed E-state index contributed by atoms with van der Waals surface area (Å²) in [5, 5.41) is 11.5. The van der Waals surface area contributed by atoms with Crippen LogP contribution in [0, 0.1) is 0 Å². The molecule has 0 spiro atoms. The minimum atomic E-state index is -0.0493. The molecule has 6 nitrogen and oxygen atoms in total. The Balaban J connectivity index is 2.02. The maximum Gasteiger partial charge on any atom is 0.276 e. The molecule has 2 heterocycles. The molecule has 20 heavy (non-hydrogen) atoms. The number of rotatable bonds is 5. The highest BCUT2D eigenvalue weighted by Crippen LogP contribution is 2.17. The van der Waals surface area contributed by atoms with E-state index >= 15 is 0 Å². The van der Waals surface area contributed by atoms with E-state index in [9.17, 15) is 4.79 Å². The summed E-state index contributed by atoms with van der Waals surface area (Å²) in [7, 11) is 1.83. The first kappa shape index (κ1) is 15.3. The molecule has 1 atom stereocenters. The van der Waals surface area contributed by atoms with Crippen molar-refractivity contribution in [1.82, 2.24) is 25.2 Å². The van der Waals surface area contributed by atoms with Crippen LogP contribution in [-0.2, 0) is 0 Å². The largest absolute Gasteiger partial charge is 0.337 e. The van der Waals surface area contributed by atoms with Crippen LogP contribution in [0.25, 0.3) is 0 Å². The van der Waals surface area contributed by atoms with E-state index in [0.717, 1.165) is 31.7 Å². The maximum atomic E-state index is 12.3. The van der Waals surface area contributed by atoms with Crippen LogP contribution in [0.3, 0.4) is 0 Å². The van der Waals surface area contributed by atoms with Crippen LogP contribution in [-0.4, -0.2) is 64.0 Å². The topological polar surface area (TPSA) is 63.1 Å². The zero-order valence-electron chi connectivity index (χ0n) is 12.4. The minimum Gasteiger partial charge on any atom is -0.337 e. The molecule has 1 N–H and O–H groups in total. The average Bonchev–Trinajstić information content (AvgIpc) is 2.96. The third kappa shape index (κ3) is 3.52. The fourth-order valence-electron chi connectivity index (χ4n) is 2.36. The van der Waals surface area contributed by atoms with Gasteiger partial charge in [0, 0.05) is 18.8 Å². The Morgan fingerprint density at radius 3 is 2.95 bits per heavy atom. The number of thioether (sulfide) groups is 1. The Bertz CT molecular complexity index is 444. The first-order chi connectivity index (χ1) is 9.63. The van der Waals surface area contributed by atoms with Crippen molar-refractivity contribution in [3.63, 3.8) is 0 Å². The maximum absolute atomic E-state index is 12.3. The summed E-state index contributed by atoms with van der Waals surface area (Å²) in [5.41, 5.74) is 0.444. The first-order valence-corrected chi connectivity index (χ1v) is 8.41. The molecule has 1 unspecified atom stereocenters. The number of nitrogens with one attached hydrogen (secondary N) is 1. The molecule has 1 aromatic rings. The lowest BCUT2D eigenvalue weighted by Crippen LogP contribution is -2.36. The molecule has 1 saturated heterocycles. The van der Waals surface area contributed by atoms with E-state index in [0.29, 0.717) is 11.7 Å². The quantitative estimate of drug-likeness (QED) is 0.879. The molecule has 0 radical (unpaired) electrons. The summed E-state index contributed by atoms with van der Waals surface area (Å²) in [4.78, 5) is 14.1. The number of piperidine rings is 1. The Labute approximate surface area is 124 Å². The molecule has 7 heteroatoms. The number of nitrogens with zero attached hydrogens (tertiary/aromatic N) is 4. The molecule has 1 aliphatic rings. The predicted octanol–water partition coefficient (Wildman–Crippen LogP) is 1.03. The van der Waals surface area contributed by atoms with Gasteiger partial charge in [0.15, 0.2) is 5.69 Å². The number of hydrogen-bond donors (Lipinski definition) is 1. The van der Waals surface area contributed by atoms with Crippen LogP contribution < -0.4 is 5.32 Å². The van der Waals surface area contributed by atoms with Crippen LogP contribution in [0.4, 0.5) is 0 Å². The van der Waals surface area contributed by atoms with E-state index in [1.807, 2.05) is 24.9 Å². The molecule has 112 valence electrons. The van der Waals surface area contributed by atoms with Crippen LogP contribution >= 0.6 is 11.8 Å². The molecule has 1 aromatic heterocycles. The van der Waals surface area contributed by atoms with Gasteiger partial charge in [-0.25, -0.2) is 4.68 Å². The molecule has 0 bridgehead atoms. The predicted molar refractivity (Wildman–Crippen MR) is 81.1 cm³/mol. The summed E-state index contributed by atoms with van der Waals surface area (Å²) in [6, 6.07) is 0.556. The third-order valence-corrected chi connectivity index (χ3v) is 4.62. The lowest BCUT2D eigenvalue weighted by molar-refractivity contribution is 0.0751. The fourth-order valence-corrected chi connectivity index (χ4v) is 3.06. The number of carbonyl (C=O) groups excluding carboxylic acids is 1. The van der Waals surface area contributed by atoms with Gasteiger partial charge in [-0.3, -0.25) is 4.79 Å². The second kappa shape index (κ2) is 7.08. The fraction of sp³-hybridized carbons (Fsp3) is 0.769. The van der Waals surface area contributed by atoms with E-state index in [2.05, 4.69) is 15.6 Å². The highest BCUT2D eigenvalue weighted by atomic mass is 32.2. The average molecular weight is 297 g/mol. The van der Waals surface area contributed by atoms with Gasteiger partial charge in [0.1, 0.15) is 0 Å². The van der Waals surface area contributed by atoms with Gasteiger partial charge >= 0.3 is 0 Å². The number of carbonyl (C=O) groups is 1. The SMILES string of the molecule is CSCC(C)N(C)C(=O)c1cn(C2CCNCC2)nn1. The zero-order valence-corrected chi connectivity index (χ0v) is 13.2. The first-order valence-electron chi connectivity index (χ1n) is 7.02. The van der Waals surface area contributed by atoms with Crippen LogP contribution in [0.5, 0.6) is 0 Å². The normalized spacial score (nSPS) is 17.9. The highest BCUT2D eigenvalue weighted by Gasteiger charge is 2.22. The third-order valence-electron chi connectivity index (χ3n) is 3.80. The van der Waals surface area contributed by atoms with Crippen molar-refractivity contribution in [3.05, 3.63) is 11.9 Å². The van der Waals surface area contributed by atoms with Crippen LogP contribution in [0.2, 0.25) is 0 Å². The molecule has 2 rings (SSSR count). The Morgan fingerprint density at radius 2 is 2.30 bits per heavy atom. The second-order valence-electron chi connectivity index (χ2n) is 5.29. The van der Waals surface area contributed by atoms with Gasteiger partial charge < -0.3 is 10.2 Å². The summed E-state index contributed by atoms with van der Waals surface area (Å²) >= 11 is 1.74. The summed E-state index contributed by atoms with van der Waals surface area (Å²) in [6.45, 7) is 4.04. The van der Waals surface area contributed by atoms with E-state index in [1.165, 1.54) is 0 Å². The molecule has 0 aliphatic carbocycles. The van der Waals surface area contributed by atoms with Crippen molar-refractivity contribution in [2.75, 3.05) is 32.1 Å². The van der Waals surface area contributed by atoms with Crippen LogP contribution in [0.1, 0.15) is 36.3 Å². The van der Waals surface area contributed by atoms with E-state index < -0.39 is 0 Å². The number of amides is 1. The van der Waals surface area contributed by atoms with Gasteiger partial charge in [-0.2, -0.15) is 11.8 Å². The molecule has 0 saturated carbocycles. The van der Waals surface area contributed by atoms with E-state index in [4.69, 9.17) is 0 Å². The smallest absolute Gasteiger partial charge is 0.276 e. The molecule has 0 aromatic carbocycles. The Morgan fingerprint density at radius 1 is 1.60 bits per heavy atom. The molecule has 1 amide bonds. The van der Waals surface area contributed by atoms with Crippen molar-refractivity contribution in [2.24, 2.45) is 0 Å². The number of hydrogen-bond acceptors (Lipinski definition) is 5. The van der Waals surface area contributed by atoms with Gasteiger partial charge in [0.2, 0.25) is 0 Å². The zero-order chi connectivity index (χ0) is 14.5. The Hall–Kier alpha value is -1.08. The van der Waals surface area contributed by atoms with Gasteiger partial charge in [-0.05, 0) is 39.1 Å². The summed E-state index contributed by atoms with van der Waals surface area (Å²) in [5.74, 6) is 0.872. The minimum absolute atomic E-state index is 0.0493. The van der Waals surface area contributed by atoms with Crippen LogP contribution in [0.15, 0.2) is 6.20 Å². The van der Waals surface area contributed by atoms with E-state index in [-0.39, 0.29) is 11.9 Å². The van der Waals surface area contributed by atoms with E-state index in [1.54, 1.807) is 22.9 Å². The lowest BCUT2D eigenvalue weighted by Gasteiger charge is -2.23. The monoisotopic (exact) mass is 297 g/mol. The molecular weight excluding hydrogens is 274 g/mol. The summed E-state index contributed by atoms with van der Waals surface area (Å²) in [6.07, 6.45) is 5.91. The van der Waals surface area contributed by atoms with Gasteiger partial charge in [-0.15, -0.1) is 5.10 Å². The number of aromatic nitrogens is 3. The Kier molecular flexibility index (Phi) is 5.42. The second-order valence-corrected chi connectivity index (χ2v) is 6.20. The van der Waals surface area contributed by atoms with Gasteiger partial charge in [-0.1, -0.05) is 5.21 Å². The summed E-state index contributed by atoms with van der Waals surface area (Å²) < 4.78 is 1.85. The standard InChI is InChI=1S/C13H23N5OS/c1-10(9-20-3)17(2)13(19)12-8-18(16-15-12)11-4-6-14-7-5-11/h8,10-11,14H,4-7,9H2,1-3H3. The van der Waals surface area contributed by atoms with Crippen molar-refractivity contribution in [2.45, 2.75) is 31.8 Å². The van der Waals surface area contributed by atoms with Crippen molar-refractivity contribution >= 4 is 17.7 Å². The lowest BCUT2D eigenvalue weighted by atomic mass is 10.1. The molecule has 1 aliphatic heterocycles. The van der Waals surface area contributed by atoms with Gasteiger partial charge in [0.25, 0.3) is 5.91 Å². The highest BCUT2D eigenvalue weighted by molar-refractivity contribution is 7.98. The van der Waals surface area contributed by atoms with Gasteiger partial charge in [0.05, 0.1) is 12.2 Å². The molecule has 1 fully saturated rings. The molecular formula is C13H23N5OS.